The molecule has 0 atom stereocenters. The predicted octanol–water partition coefficient (Wildman–Crippen LogP) is 2.34. The van der Waals surface area contributed by atoms with Crippen LogP contribution < -0.4 is 0 Å². The zero-order valence-electron chi connectivity index (χ0n) is 7.83. The summed E-state index contributed by atoms with van der Waals surface area (Å²) in [6.45, 7) is 1.14. The summed E-state index contributed by atoms with van der Waals surface area (Å²) in [5, 5.41) is 9.31. The van der Waals surface area contributed by atoms with E-state index in [1.165, 1.54) is 0 Å². The number of aromatic hydroxyl groups is 1. The fourth-order valence-electron chi connectivity index (χ4n) is 1.27. The lowest BCUT2D eigenvalue weighted by Crippen LogP contribution is -2.01. The van der Waals surface area contributed by atoms with E-state index in [1.54, 1.807) is 0 Å². The van der Waals surface area contributed by atoms with Gasteiger partial charge in [-0.2, -0.15) is 0 Å². The number of hydrogen-bond acceptors (Lipinski definition) is 3. The van der Waals surface area contributed by atoms with Gasteiger partial charge in [-0.1, -0.05) is 0 Å². The van der Waals surface area contributed by atoms with Crippen LogP contribution in [0.2, 0.25) is 0 Å². The zero-order chi connectivity index (χ0) is 11.6. The molecule has 0 heterocycles. The maximum absolute atomic E-state index is 12.3. The van der Waals surface area contributed by atoms with Crippen molar-refractivity contribution in [2.45, 2.75) is 13.3 Å². The van der Waals surface area contributed by atoms with Crippen molar-refractivity contribution in [2.75, 3.05) is 0 Å². The van der Waals surface area contributed by atoms with Crippen LogP contribution in [0.15, 0.2) is 12.1 Å². The molecule has 0 aliphatic heterocycles. The Hall–Kier alpha value is -1.78. The third-order valence-electron chi connectivity index (χ3n) is 1.90. The Morgan fingerprint density at radius 1 is 1.47 bits per heavy atom. The van der Waals surface area contributed by atoms with Crippen LogP contribution >= 0.6 is 0 Å². The molecule has 0 aliphatic rings. The second-order valence-corrected chi connectivity index (χ2v) is 2.98. The molecule has 1 N–H and O–H groups in total. The highest BCUT2D eigenvalue weighted by Crippen LogP contribution is 2.28. The number of alkyl halides is 2. The van der Waals surface area contributed by atoms with Gasteiger partial charge in [0, 0.05) is 11.1 Å². The van der Waals surface area contributed by atoms with Gasteiger partial charge in [0.2, 0.25) is 0 Å². The normalized spacial score (nSPS) is 10.4. The largest absolute Gasteiger partial charge is 0.507 e. The lowest BCUT2D eigenvalue weighted by atomic mass is 10.0. The zero-order valence-corrected chi connectivity index (χ0v) is 7.83. The minimum absolute atomic E-state index is 0.224. The van der Waals surface area contributed by atoms with Crippen molar-refractivity contribution in [3.05, 3.63) is 28.8 Å². The Morgan fingerprint density at radius 2 is 2.07 bits per heavy atom. The van der Waals surface area contributed by atoms with Crippen molar-refractivity contribution in [1.82, 2.24) is 0 Å². The highest BCUT2D eigenvalue weighted by atomic mass is 19.3. The van der Waals surface area contributed by atoms with Crippen molar-refractivity contribution < 1.29 is 23.5 Å². The molecule has 0 aromatic heterocycles. The molecule has 15 heavy (non-hydrogen) atoms. The van der Waals surface area contributed by atoms with Gasteiger partial charge in [0.15, 0.2) is 12.1 Å². The molecule has 5 heteroatoms. The van der Waals surface area contributed by atoms with Crippen molar-refractivity contribution in [3.63, 3.8) is 0 Å². The number of rotatable bonds is 3. The van der Waals surface area contributed by atoms with E-state index in [1.807, 2.05) is 0 Å². The molecule has 1 aromatic carbocycles. The Balaban J connectivity index is 3.44. The quantitative estimate of drug-likeness (QED) is 0.620. The fourth-order valence-corrected chi connectivity index (χ4v) is 1.27. The van der Waals surface area contributed by atoms with E-state index in [9.17, 15) is 23.5 Å². The molecule has 0 bridgehead atoms. The number of phenolic OH excluding ortho intramolecular Hbond substituents is 1. The van der Waals surface area contributed by atoms with E-state index in [2.05, 4.69) is 0 Å². The molecular weight excluding hydrogens is 206 g/mol. The van der Waals surface area contributed by atoms with Crippen LogP contribution in [0.4, 0.5) is 8.78 Å². The van der Waals surface area contributed by atoms with Crippen LogP contribution in [0, 0.1) is 0 Å². The number of Topliss-reactive ketones (excluding diaryl/α,β-unsaturated/α-hetero) is 1. The average molecular weight is 214 g/mol. The Bertz CT molecular complexity index is 413. The maximum Gasteiger partial charge on any atom is 0.264 e. The van der Waals surface area contributed by atoms with Gasteiger partial charge in [-0.3, -0.25) is 9.59 Å². The Labute approximate surface area is 84.3 Å². The average Bonchev–Trinajstić information content (AvgIpc) is 2.15. The van der Waals surface area contributed by atoms with Gasteiger partial charge in [-0.15, -0.1) is 0 Å². The van der Waals surface area contributed by atoms with Gasteiger partial charge in [-0.05, 0) is 19.1 Å². The Kier molecular flexibility index (Phi) is 3.14. The first kappa shape index (κ1) is 11.3. The van der Waals surface area contributed by atoms with E-state index in [0.717, 1.165) is 19.1 Å². The van der Waals surface area contributed by atoms with E-state index < -0.39 is 23.5 Å². The number of benzene rings is 1. The molecule has 0 aliphatic carbocycles. The molecule has 1 aromatic rings. The van der Waals surface area contributed by atoms with Crippen LogP contribution in [0.3, 0.4) is 0 Å². The standard InChI is InChI=1S/C10H8F2O3/c1-5(14)9-7(4-13)2-6(10(11)12)3-8(9)15/h2-4,10,15H,1H3. The van der Waals surface area contributed by atoms with Crippen LogP contribution in [0.5, 0.6) is 5.75 Å². The molecule has 0 unspecified atom stereocenters. The summed E-state index contributed by atoms with van der Waals surface area (Å²) < 4.78 is 24.6. The first-order chi connectivity index (χ1) is 6.97. The van der Waals surface area contributed by atoms with Crippen LogP contribution in [-0.2, 0) is 0 Å². The molecule has 80 valence electrons. The van der Waals surface area contributed by atoms with Crippen LogP contribution in [0.1, 0.15) is 39.6 Å². The second-order valence-electron chi connectivity index (χ2n) is 2.98. The minimum Gasteiger partial charge on any atom is -0.507 e. The van der Waals surface area contributed by atoms with Crippen molar-refractivity contribution in [1.29, 1.82) is 0 Å². The lowest BCUT2D eigenvalue weighted by Gasteiger charge is -2.07. The molecule has 0 saturated heterocycles. The molecule has 0 saturated carbocycles. The molecule has 0 fully saturated rings. The van der Waals surface area contributed by atoms with E-state index >= 15 is 0 Å². The highest BCUT2D eigenvalue weighted by molar-refractivity contribution is 6.03. The second kappa shape index (κ2) is 4.16. The number of phenols is 1. The van der Waals surface area contributed by atoms with Crippen LogP contribution in [0.25, 0.3) is 0 Å². The number of hydrogen-bond donors (Lipinski definition) is 1. The van der Waals surface area contributed by atoms with Gasteiger partial charge in [0.25, 0.3) is 6.43 Å². The number of aldehydes is 1. The predicted molar refractivity (Wildman–Crippen MR) is 48.5 cm³/mol. The third kappa shape index (κ3) is 2.18. The fraction of sp³-hybridized carbons (Fsp3) is 0.200. The summed E-state index contributed by atoms with van der Waals surface area (Å²) in [6, 6.07) is 1.68. The summed E-state index contributed by atoms with van der Waals surface area (Å²) >= 11 is 0. The molecule has 1 rings (SSSR count). The van der Waals surface area contributed by atoms with Gasteiger partial charge in [0.05, 0.1) is 5.56 Å². The SMILES string of the molecule is CC(=O)c1c(O)cc(C(F)F)cc1C=O. The lowest BCUT2D eigenvalue weighted by molar-refractivity contribution is 0.100. The maximum atomic E-state index is 12.3. The monoisotopic (exact) mass is 214 g/mol. The number of halogens is 2. The van der Waals surface area contributed by atoms with Gasteiger partial charge >= 0.3 is 0 Å². The van der Waals surface area contributed by atoms with Gasteiger partial charge in [0.1, 0.15) is 5.75 Å². The van der Waals surface area contributed by atoms with E-state index in [0.29, 0.717) is 0 Å². The Morgan fingerprint density at radius 3 is 2.47 bits per heavy atom. The highest BCUT2D eigenvalue weighted by Gasteiger charge is 2.17. The summed E-state index contributed by atoms with van der Waals surface area (Å²) in [6.07, 6.45) is -2.53. The summed E-state index contributed by atoms with van der Waals surface area (Å²) in [5.74, 6) is -1.14. The molecule has 3 nitrogen and oxygen atoms in total. The molecule has 0 radical (unpaired) electrons. The van der Waals surface area contributed by atoms with Gasteiger partial charge in [-0.25, -0.2) is 8.78 Å². The number of ketones is 1. The molecular formula is C10H8F2O3. The minimum atomic E-state index is -2.80. The van der Waals surface area contributed by atoms with Crippen molar-refractivity contribution in [3.8, 4) is 5.75 Å². The van der Waals surface area contributed by atoms with E-state index in [4.69, 9.17) is 0 Å². The molecule has 0 spiro atoms. The summed E-state index contributed by atoms with van der Waals surface area (Å²) in [7, 11) is 0. The number of carbonyl (C=O) groups excluding carboxylic acids is 2. The van der Waals surface area contributed by atoms with Gasteiger partial charge < -0.3 is 5.11 Å². The van der Waals surface area contributed by atoms with E-state index in [-0.39, 0.29) is 17.4 Å². The van der Waals surface area contributed by atoms with Crippen molar-refractivity contribution >= 4 is 12.1 Å². The first-order valence-electron chi connectivity index (χ1n) is 4.08. The third-order valence-corrected chi connectivity index (χ3v) is 1.90. The topological polar surface area (TPSA) is 54.4 Å². The molecule has 0 amide bonds. The smallest absolute Gasteiger partial charge is 0.264 e. The summed E-state index contributed by atoms with van der Waals surface area (Å²) in [4.78, 5) is 21.6. The summed E-state index contributed by atoms with van der Waals surface area (Å²) in [5.41, 5.74) is -0.938. The first-order valence-corrected chi connectivity index (χ1v) is 4.08. The van der Waals surface area contributed by atoms with Crippen molar-refractivity contribution in [2.24, 2.45) is 0 Å². The van der Waals surface area contributed by atoms with Crippen LogP contribution in [-0.4, -0.2) is 17.2 Å². The number of carbonyl (C=O) groups is 2.